The molecule has 1 saturated heterocycles. The summed E-state index contributed by atoms with van der Waals surface area (Å²) >= 11 is 5.75. The lowest BCUT2D eigenvalue weighted by atomic mass is 9.97. The van der Waals surface area contributed by atoms with Gasteiger partial charge in [-0.2, -0.15) is 0 Å². The first-order chi connectivity index (χ1) is 14.9. The lowest BCUT2D eigenvalue weighted by molar-refractivity contribution is 0.164. The molecule has 3 heterocycles. The number of aromatic nitrogens is 2. The van der Waals surface area contributed by atoms with Gasteiger partial charge in [-0.25, -0.2) is 0 Å². The highest BCUT2D eigenvalue weighted by Crippen LogP contribution is 2.41. The van der Waals surface area contributed by atoms with Crippen LogP contribution in [-0.2, 0) is 4.74 Å². The second-order valence-electron chi connectivity index (χ2n) is 8.26. The van der Waals surface area contributed by atoms with Crippen molar-refractivity contribution in [2.75, 3.05) is 20.3 Å². The average molecular weight is 435 g/mol. The van der Waals surface area contributed by atoms with E-state index in [0.717, 1.165) is 17.4 Å². The van der Waals surface area contributed by atoms with Gasteiger partial charge < -0.3 is 19.5 Å². The Morgan fingerprint density at radius 1 is 1.10 bits per heavy atom. The number of aryl methyl sites for hydroxylation is 3. The topological polar surface area (TPSA) is 42.3 Å². The smallest absolute Gasteiger partial charge is 0.170 e. The van der Waals surface area contributed by atoms with E-state index in [1.54, 1.807) is 7.11 Å². The van der Waals surface area contributed by atoms with E-state index in [1.165, 1.54) is 33.8 Å². The first-order valence-corrected chi connectivity index (χ1v) is 11.1. The summed E-state index contributed by atoms with van der Waals surface area (Å²) in [5, 5.41) is 4.27. The van der Waals surface area contributed by atoms with Crippen molar-refractivity contribution in [1.82, 2.24) is 19.8 Å². The molecule has 0 saturated carbocycles. The van der Waals surface area contributed by atoms with Crippen molar-refractivity contribution in [2.24, 2.45) is 0 Å². The van der Waals surface area contributed by atoms with Crippen LogP contribution < -0.4 is 5.32 Å². The lowest BCUT2D eigenvalue weighted by Crippen LogP contribution is -2.32. The fraction of sp³-hybridized carbons (Fsp3) is 0.360. The van der Waals surface area contributed by atoms with Crippen LogP contribution >= 0.6 is 12.2 Å². The fourth-order valence-corrected chi connectivity index (χ4v) is 4.92. The molecule has 31 heavy (non-hydrogen) atoms. The fourth-order valence-electron chi connectivity index (χ4n) is 4.59. The summed E-state index contributed by atoms with van der Waals surface area (Å²) in [4.78, 5) is 6.89. The third-order valence-corrected chi connectivity index (χ3v) is 6.48. The van der Waals surface area contributed by atoms with Crippen molar-refractivity contribution < 1.29 is 4.74 Å². The SMILES string of the molecule is COCCN1C(=S)N[C@@H](c2ccccn2)[C@H]1c1cc(C)n(-c2cc(C)ccc2C)c1C. The molecule has 162 valence electrons. The highest BCUT2D eigenvalue weighted by molar-refractivity contribution is 7.80. The zero-order chi connectivity index (χ0) is 22.1. The number of thiocarbonyl (C=S) groups is 1. The minimum absolute atomic E-state index is 0.0156. The Morgan fingerprint density at radius 2 is 1.90 bits per heavy atom. The lowest BCUT2D eigenvalue weighted by Gasteiger charge is -2.28. The van der Waals surface area contributed by atoms with Crippen molar-refractivity contribution in [1.29, 1.82) is 0 Å². The van der Waals surface area contributed by atoms with E-state index in [4.69, 9.17) is 17.0 Å². The van der Waals surface area contributed by atoms with Crippen LogP contribution in [-0.4, -0.2) is 39.8 Å². The van der Waals surface area contributed by atoms with Crippen molar-refractivity contribution in [3.63, 3.8) is 0 Å². The van der Waals surface area contributed by atoms with Crippen molar-refractivity contribution in [3.8, 4) is 5.69 Å². The summed E-state index contributed by atoms with van der Waals surface area (Å²) in [6.45, 7) is 10.0. The normalized spacial score (nSPS) is 18.5. The molecule has 1 aliphatic heterocycles. The number of nitrogens with one attached hydrogen (secondary N) is 1. The Hall–Kier alpha value is -2.70. The maximum Gasteiger partial charge on any atom is 0.170 e. The Kier molecular flexibility index (Phi) is 6.12. The molecular weight excluding hydrogens is 404 g/mol. The zero-order valence-corrected chi connectivity index (χ0v) is 19.7. The molecule has 0 bridgehead atoms. The van der Waals surface area contributed by atoms with Crippen LogP contribution in [0.4, 0.5) is 0 Å². The molecular formula is C25H30N4OS. The number of methoxy groups -OCH3 is 1. The number of rotatable bonds is 6. The van der Waals surface area contributed by atoms with Gasteiger partial charge in [-0.1, -0.05) is 18.2 Å². The highest BCUT2D eigenvalue weighted by atomic mass is 32.1. The van der Waals surface area contributed by atoms with Gasteiger partial charge in [0.2, 0.25) is 0 Å². The first-order valence-electron chi connectivity index (χ1n) is 10.7. The summed E-state index contributed by atoms with van der Waals surface area (Å²) < 4.78 is 7.75. The number of pyridine rings is 1. The van der Waals surface area contributed by atoms with E-state index in [2.05, 4.69) is 77.8 Å². The summed E-state index contributed by atoms with van der Waals surface area (Å²) in [6.07, 6.45) is 1.84. The van der Waals surface area contributed by atoms with Crippen LogP contribution in [0.3, 0.4) is 0 Å². The molecule has 0 aliphatic carbocycles. The van der Waals surface area contributed by atoms with Crippen LogP contribution in [0, 0.1) is 27.7 Å². The van der Waals surface area contributed by atoms with E-state index in [0.29, 0.717) is 6.61 Å². The molecule has 0 unspecified atom stereocenters. The van der Waals surface area contributed by atoms with Crippen LogP contribution in [0.1, 0.15) is 45.9 Å². The zero-order valence-electron chi connectivity index (χ0n) is 18.8. The number of hydrogen-bond acceptors (Lipinski definition) is 3. The summed E-state index contributed by atoms with van der Waals surface area (Å²) in [5.41, 5.74) is 8.44. The molecule has 6 heteroatoms. The molecule has 0 radical (unpaired) electrons. The molecule has 3 aromatic rings. The van der Waals surface area contributed by atoms with Gasteiger partial charge in [-0.15, -0.1) is 0 Å². The average Bonchev–Trinajstić information content (AvgIpc) is 3.24. The molecule has 1 fully saturated rings. The first kappa shape index (κ1) is 21.5. The third kappa shape index (κ3) is 3.98. The van der Waals surface area contributed by atoms with Gasteiger partial charge in [0.25, 0.3) is 0 Å². The maximum absolute atomic E-state index is 5.75. The molecule has 1 aliphatic rings. The predicted octanol–water partition coefficient (Wildman–Crippen LogP) is 4.72. The Balaban J connectivity index is 1.84. The third-order valence-electron chi connectivity index (χ3n) is 6.13. The Bertz CT molecular complexity index is 1090. The second kappa shape index (κ2) is 8.81. The highest BCUT2D eigenvalue weighted by Gasteiger charge is 2.41. The van der Waals surface area contributed by atoms with Crippen LogP contribution in [0.2, 0.25) is 0 Å². The predicted molar refractivity (Wildman–Crippen MR) is 129 cm³/mol. The van der Waals surface area contributed by atoms with Crippen molar-refractivity contribution in [3.05, 3.63) is 82.4 Å². The van der Waals surface area contributed by atoms with Crippen LogP contribution in [0.15, 0.2) is 48.7 Å². The number of nitrogens with zero attached hydrogens (tertiary/aromatic N) is 3. The van der Waals surface area contributed by atoms with Crippen molar-refractivity contribution >= 4 is 17.3 Å². The van der Waals surface area contributed by atoms with Gasteiger partial charge in [0.15, 0.2) is 5.11 Å². The van der Waals surface area contributed by atoms with Gasteiger partial charge in [0.1, 0.15) is 0 Å². The molecule has 1 aromatic carbocycles. The minimum Gasteiger partial charge on any atom is -0.383 e. The van der Waals surface area contributed by atoms with E-state index >= 15 is 0 Å². The van der Waals surface area contributed by atoms with E-state index in [1.807, 2.05) is 18.3 Å². The largest absolute Gasteiger partial charge is 0.383 e. The number of hydrogen-bond donors (Lipinski definition) is 1. The van der Waals surface area contributed by atoms with E-state index < -0.39 is 0 Å². The molecule has 0 spiro atoms. The van der Waals surface area contributed by atoms with Crippen LogP contribution in [0.5, 0.6) is 0 Å². The Labute approximate surface area is 190 Å². The minimum atomic E-state index is -0.0156. The number of ether oxygens (including phenoxy) is 1. The van der Waals surface area contributed by atoms with Gasteiger partial charge in [0.05, 0.1) is 24.4 Å². The van der Waals surface area contributed by atoms with Crippen molar-refractivity contribution in [2.45, 2.75) is 39.8 Å². The summed E-state index contributed by atoms with van der Waals surface area (Å²) in [5.74, 6) is 0. The van der Waals surface area contributed by atoms with E-state index in [9.17, 15) is 0 Å². The standard InChI is InChI=1S/C25H30N4OS/c1-16-9-10-17(2)22(14-16)29-18(3)15-20(19(29)4)24-23(21-8-6-7-11-26-21)27-25(31)28(24)12-13-30-5/h6-11,14-15,23-24H,12-13H2,1-5H3,(H,27,31)/t23-,24+/m0/s1. The second-order valence-corrected chi connectivity index (χ2v) is 8.65. The van der Waals surface area contributed by atoms with Gasteiger partial charge >= 0.3 is 0 Å². The molecule has 5 nitrogen and oxygen atoms in total. The molecule has 2 atom stereocenters. The monoisotopic (exact) mass is 434 g/mol. The Morgan fingerprint density at radius 3 is 2.61 bits per heavy atom. The van der Waals surface area contributed by atoms with E-state index in [-0.39, 0.29) is 12.1 Å². The summed E-state index contributed by atoms with van der Waals surface area (Å²) in [7, 11) is 1.73. The molecule has 4 rings (SSSR count). The quantitative estimate of drug-likeness (QED) is 0.569. The van der Waals surface area contributed by atoms with Crippen LogP contribution in [0.25, 0.3) is 5.69 Å². The molecule has 2 aromatic heterocycles. The maximum atomic E-state index is 5.75. The van der Waals surface area contributed by atoms with Gasteiger partial charge in [0, 0.05) is 36.9 Å². The number of benzene rings is 1. The molecule has 0 amide bonds. The molecule has 1 N–H and O–H groups in total. The van der Waals surface area contributed by atoms with Gasteiger partial charge in [-0.3, -0.25) is 4.98 Å². The van der Waals surface area contributed by atoms with Gasteiger partial charge in [-0.05, 0) is 80.9 Å². The summed E-state index contributed by atoms with van der Waals surface area (Å²) in [6, 6.07) is 15.0.